The first-order valence-electron chi connectivity index (χ1n) is 6.73. The fourth-order valence-corrected chi connectivity index (χ4v) is 3.04. The number of carbonyl (C=O) groups is 3. The van der Waals surface area contributed by atoms with E-state index in [1.54, 1.807) is 0 Å². The summed E-state index contributed by atoms with van der Waals surface area (Å²) in [6, 6.07) is 3.02. The first-order chi connectivity index (χ1) is 11.2. The normalized spacial score (nSPS) is 16.8. The second-order valence-corrected chi connectivity index (χ2v) is 6.11. The van der Waals surface area contributed by atoms with Gasteiger partial charge in [0.25, 0.3) is 0 Å². The molecule has 1 atom stereocenters. The number of carbonyl (C=O) groups excluding carboxylic acids is 3. The summed E-state index contributed by atoms with van der Waals surface area (Å²) in [7, 11) is 1.17. The van der Waals surface area contributed by atoms with Crippen LogP contribution in [0, 0.1) is 0 Å². The Morgan fingerprint density at radius 2 is 2.08 bits per heavy atom. The van der Waals surface area contributed by atoms with E-state index < -0.39 is 34.8 Å². The van der Waals surface area contributed by atoms with Crippen LogP contribution in [0.5, 0.6) is 0 Å². The predicted octanol–water partition coefficient (Wildman–Crippen LogP) is 1.80. The van der Waals surface area contributed by atoms with Gasteiger partial charge in [0.1, 0.15) is 6.54 Å². The third-order valence-electron chi connectivity index (χ3n) is 3.15. The molecule has 0 radical (unpaired) electrons. The van der Waals surface area contributed by atoms with Crippen molar-refractivity contribution < 1.29 is 32.3 Å². The number of halogens is 3. The SMILES string of the molecule is COC(=O)CNC(=O)C[C@@H]1Sc2ccc(C(F)(F)F)cc2NC1=O. The molecule has 1 aromatic carbocycles. The molecule has 0 saturated heterocycles. The monoisotopic (exact) mass is 362 g/mol. The number of nitrogens with one attached hydrogen (secondary N) is 2. The van der Waals surface area contributed by atoms with E-state index in [0.717, 1.165) is 23.9 Å². The molecule has 0 aromatic heterocycles. The Morgan fingerprint density at radius 1 is 1.38 bits per heavy atom. The van der Waals surface area contributed by atoms with Gasteiger partial charge in [-0.1, -0.05) is 0 Å². The Kier molecular flexibility index (Phi) is 5.37. The van der Waals surface area contributed by atoms with E-state index in [2.05, 4.69) is 15.4 Å². The molecule has 1 aliphatic rings. The summed E-state index contributed by atoms with van der Waals surface area (Å²) in [5, 5.41) is 3.87. The van der Waals surface area contributed by atoms with Crippen molar-refractivity contribution in [2.45, 2.75) is 22.7 Å². The molecule has 0 unspecified atom stereocenters. The van der Waals surface area contributed by atoms with Gasteiger partial charge < -0.3 is 15.4 Å². The van der Waals surface area contributed by atoms with Crippen LogP contribution in [0.25, 0.3) is 0 Å². The van der Waals surface area contributed by atoms with Crippen molar-refractivity contribution in [2.24, 2.45) is 0 Å². The van der Waals surface area contributed by atoms with Gasteiger partial charge in [-0.2, -0.15) is 13.2 Å². The van der Waals surface area contributed by atoms with Crippen LogP contribution >= 0.6 is 11.8 Å². The van der Waals surface area contributed by atoms with E-state index >= 15 is 0 Å². The molecule has 2 rings (SSSR count). The minimum absolute atomic E-state index is 0.0612. The number of thioether (sulfide) groups is 1. The molecule has 6 nitrogen and oxygen atoms in total. The third-order valence-corrected chi connectivity index (χ3v) is 4.43. The number of ether oxygens (including phenoxy) is 1. The van der Waals surface area contributed by atoms with Crippen LogP contribution in [0.3, 0.4) is 0 Å². The molecule has 1 heterocycles. The summed E-state index contributed by atoms with van der Waals surface area (Å²) in [6.45, 7) is -0.320. The number of benzene rings is 1. The van der Waals surface area contributed by atoms with Crippen LogP contribution in [0.15, 0.2) is 23.1 Å². The highest BCUT2D eigenvalue weighted by atomic mass is 32.2. The lowest BCUT2D eigenvalue weighted by molar-refractivity contribution is -0.141. The van der Waals surface area contributed by atoms with Gasteiger partial charge in [0.2, 0.25) is 11.8 Å². The van der Waals surface area contributed by atoms with Crippen LogP contribution in [0.4, 0.5) is 18.9 Å². The molecule has 0 fully saturated rings. The first kappa shape index (κ1) is 18.1. The third kappa shape index (κ3) is 4.40. The summed E-state index contributed by atoms with van der Waals surface area (Å²) in [5.74, 6) is -1.74. The highest BCUT2D eigenvalue weighted by Crippen LogP contribution is 2.40. The average Bonchev–Trinajstić information content (AvgIpc) is 2.51. The van der Waals surface area contributed by atoms with Gasteiger partial charge in [-0.15, -0.1) is 11.8 Å². The second kappa shape index (κ2) is 7.12. The van der Waals surface area contributed by atoms with Crippen molar-refractivity contribution in [3.8, 4) is 0 Å². The largest absolute Gasteiger partial charge is 0.468 e. The molecule has 2 N–H and O–H groups in total. The molecule has 0 saturated carbocycles. The summed E-state index contributed by atoms with van der Waals surface area (Å²) in [4.78, 5) is 35.1. The van der Waals surface area contributed by atoms with E-state index in [1.807, 2.05) is 0 Å². The summed E-state index contributed by atoms with van der Waals surface area (Å²) in [6.07, 6.45) is -4.72. The number of methoxy groups -OCH3 is 1. The van der Waals surface area contributed by atoms with E-state index in [0.29, 0.717) is 4.90 Å². The Hall–Kier alpha value is -2.23. The van der Waals surface area contributed by atoms with Crippen LogP contribution in [0.2, 0.25) is 0 Å². The number of esters is 1. The highest BCUT2D eigenvalue weighted by molar-refractivity contribution is 8.01. The van der Waals surface area contributed by atoms with E-state index in [1.165, 1.54) is 13.2 Å². The quantitative estimate of drug-likeness (QED) is 0.798. The van der Waals surface area contributed by atoms with Crippen molar-refractivity contribution in [3.05, 3.63) is 23.8 Å². The maximum atomic E-state index is 12.7. The van der Waals surface area contributed by atoms with Crippen molar-refractivity contribution in [1.82, 2.24) is 5.32 Å². The molecule has 1 aliphatic heterocycles. The van der Waals surface area contributed by atoms with E-state index in [9.17, 15) is 27.6 Å². The standard InChI is InChI=1S/C14H13F3N2O4S/c1-23-12(21)6-18-11(20)5-10-13(22)19-8-4-7(14(15,16)17)2-3-9(8)24-10/h2-4,10H,5-6H2,1H3,(H,18,20)(H,19,22)/t10-/m0/s1. The van der Waals surface area contributed by atoms with Gasteiger partial charge in [-0.05, 0) is 18.2 Å². The molecule has 0 bridgehead atoms. The Balaban J connectivity index is 2.03. The topological polar surface area (TPSA) is 84.5 Å². The minimum atomic E-state index is -4.50. The van der Waals surface area contributed by atoms with Crippen LogP contribution in [-0.2, 0) is 25.3 Å². The van der Waals surface area contributed by atoms with Gasteiger partial charge >= 0.3 is 12.1 Å². The maximum Gasteiger partial charge on any atom is 0.416 e. The Morgan fingerprint density at radius 3 is 2.71 bits per heavy atom. The van der Waals surface area contributed by atoms with E-state index in [-0.39, 0.29) is 18.7 Å². The second-order valence-electron chi connectivity index (χ2n) is 4.86. The maximum absolute atomic E-state index is 12.7. The number of hydrogen-bond acceptors (Lipinski definition) is 5. The number of amides is 2. The fraction of sp³-hybridized carbons (Fsp3) is 0.357. The lowest BCUT2D eigenvalue weighted by atomic mass is 10.1. The summed E-state index contributed by atoms with van der Waals surface area (Å²) < 4.78 is 42.4. The Bertz CT molecular complexity index is 678. The lowest BCUT2D eigenvalue weighted by Gasteiger charge is -2.24. The van der Waals surface area contributed by atoms with Crippen LogP contribution < -0.4 is 10.6 Å². The number of anilines is 1. The van der Waals surface area contributed by atoms with Crippen molar-refractivity contribution >= 4 is 35.2 Å². The molecule has 0 spiro atoms. The number of alkyl halides is 3. The lowest BCUT2D eigenvalue weighted by Crippen LogP contribution is -2.37. The van der Waals surface area contributed by atoms with E-state index in [4.69, 9.17) is 0 Å². The first-order valence-corrected chi connectivity index (χ1v) is 7.61. The molecule has 0 aliphatic carbocycles. The van der Waals surface area contributed by atoms with Crippen LogP contribution in [0.1, 0.15) is 12.0 Å². The average molecular weight is 362 g/mol. The molecule has 2 amide bonds. The summed E-state index contributed by atoms with van der Waals surface area (Å²) >= 11 is 0.996. The van der Waals surface area contributed by atoms with Gasteiger partial charge in [-0.3, -0.25) is 14.4 Å². The zero-order chi connectivity index (χ0) is 17.9. The van der Waals surface area contributed by atoms with Crippen molar-refractivity contribution in [2.75, 3.05) is 19.0 Å². The molecular formula is C14H13F3N2O4S. The zero-order valence-corrected chi connectivity index (χ0v) is 13.2. The van der Waals surface area contributed by atoms with Crippen molar-refractivity contribution in [1.29, 1.82) is 0 Å². The summed E-state index contributed by atoms with van der Waals surface area (Å²) in [5.41, 5.74) is -0.803. The highest BCUT2D eigenvalue weighted by Gasteiger charge is 2.34. The van der Waals surface area contributed by atoms with Gasteiger partial charge in [0, 0.05) is 11.3 Å². The fourth-order valence-electron chi connectivity index (χ4n) is 1.94. The molecule has 24 heavy (non-hydrogen) atoms. The zero-order valence-electron chi connectivity index (χ0n) is 12.4. The Labute approximate surface area is 139 Å². The molecule has 1 aromatic rings. The van der Waals surface area contributed by atoms with Gasteiger partial charge in [0.15, 0.2) is 0 Å². The van der Waals surface area contributed by atoms with Gasteiger partial charge in [-0.25, -0.2) is 0 Å². The molecule has 130 valence electrons. The minimum Gasteiger partial charge on any atom is -0.468 e. The van der Waals surface area contributed by atoms with Crippen molar-refractivity contribution in [3.63, 3.8) is 0 Å². The molecule has 10 heteroatoms. The predicted molar refractivity (Wildman–Crippen MR) is 79.4 cm³/mol. The smallest absolute Gasteiger partial charge is 0.416 e. The number of hydrogen-bond donors (Lipinski definition) is 2. The molecular weight excluding hydrogens is 349 g/mol. The number of fused-ring (bicyclic) bond motifs is 1. The van der Waals surface area contributed by atoms with Crippen LogP contribution in [-0.4, -0.2) is 36.7 Å². The van der Waals surface area contributed by atoms with Gasteiger partial charge in [0.05, 0.1) is 23.6 Å². The number of rotatable bonds is 4.